The standard InChI is InChI=1S/C11H23NS/c1-9(12-10(2,3)4)13(8)11(5,6)7/h8H2,1-7H3/b12-9-. The fourth-order valence-corrected chi connectivity index (χ4v) is 2.24. The van der Waals surface area contributed by atoms with Gasteiger partial charge < -0.3 is 0 Å². The minimum Gasteiger partial charge on any atom is -0.278 e. The van der Waals surface area contributed by atoms with E-state index < -0.39 is 0 Å². The summed E-state index contributed by atoms with van der Waals surface area (Å²) in [7, 11) is 0.0214. The van der Waals surface area contributed by atoms with Crippen LogP contribution in [0.2, 0.25) is 0 Å². The lowest BCUT2D eigenvalue weighted by molar-refractivity contribution is 0.585. The van der Waals surface area contributed by atoms with Gasteiger partial charge >= 0.3 is 0 Å². The van der Waals surface area contributed by atoms with Crippen molar-refractivity contribution in [1.29, 1.82) is 0 Å². The first kappa shape index (κ1) is 12.9. The molecule has 0 bridgehead atoms. The fourth-order valence-electron chi connectivity index (χ4n) is 0.971. The summed E-state index contributed by atoms with van der Waals surface area (Å²) < 4.78 is 0.235. The highest BCUT2D eigenvalue weighted by Crippen LogP contribution is 2.31. The zero-order valence-corrected chi connectivity index (χ0v) is 10.9. The van der Waals surface area contributed by atoms with Crippen molar-refractivity contribution in [2.24, 2.45) is 4.99 Å². The second kappa shape index (κ2) is 3.95. The molecule has 0 radical (unpaired) electrons. The van der Waals surface area contributed by atoms with Crippen LogP contribution in [0.3, 0.4) is 0 Å². The molecule has 0 heterocycles. The van der Waals surface area contributed by atoms with E-state index in [0.29, 0.717) is 0 Å². The molecule has 1 unspecified atom stereocenters. The van der Waals surface area contributed by atoms with Crippen LogP contribution in [0.1, 0.15) is 48.5 Å². The van der Waals surface area contributed by atoms with Crippen LogP contribution >= 0.6 is 10.5 Å². The van der Waals surface area contributed by atoms with Crippen molar-refractivity contribution in [1.82, 2.24) is 0 Å². The maximum Gasteiger partial charge on any atom is 0.0597 e. The van der Waals surface area contributed by atoms with Gasteiger partial charge in [0.25, 0.3) is 0 Å². The summed E-state index contributed by atoms with van der Waals surface area (Å²) in [5, 5.41) is 1.18. The van der Waals surface area contributed by atoms with Crippen LogP contribution < -0.4 is 0 Å². The molecular weight excluding hydrogens is 178 g/mol. The second-order valence-corrected chi connectivity index (χ2v) is 7.90. The lowest BCUT2D eigenvalue weighted by Crippen LogP contribution is -2.18. The van der Waals surface area contributed by atoms with Crippen LogP contribution in [0.5, 0.6) is 0 Å². The van der Waals surface area contributed by atoms with Gasteiger partial charge in [0.2, 0.25) is 0 Å². The largest absolute Gasteiger partial charge is 0.278 e. The number of nitrogens with zero attached hydrogens (tertiary/aromatic N) is 1. The molecule has 1 nitrogen and oxygen atoms in total. The molecule has 0 saturated carbocycles. The summed E-state index contributed by atoms with van der Waals surface area (Å²) in [6.07, 6.45) is 0. The Morgan fingerprint density at radius 2 is 1.46 bits per heavy atom. The van der Waals surface area contributed by atoms with Gasteiger partial charge in [0.1, 0.15) is 0 Å². The number of hydrogen-bond donors (Lipinski definition) is 0. The van der Waals surface area contributed by atoms with Crippen molar-refractivity contribution in [2.75, 3.05) is 0 Å². The summed E-state index contributed by atoms with van der Waals surface area (Å²) in [6.45, 7) is 15.1. The van der Waals surface area contributed by atoms with E-state index in [4.69, 9.17) is 0 Å². The van der Waals surface area contributed by atoms with E-state index in [0.717, 1.165) is 0 Å². The molecular formula is C11H23NS. The SMILES string of the molecule is C=S(/C(C)=N\C(C)(C)C)C(C)(C)C. The Labute approximate surface area is 85.6 Å². The molecule has 2 heteroatoms. The molecule has 0 aromatic rings. The van der Waals surface area contributed by atoms with Crippen molar-refractivity contribution in [3.8, 4) is 0 Å². The van der Waals surface area contributed by atoms with Gasteiger partial charge in [0.05, 0.1) is 10.6 Å². The predicted molar refractivity (Wildman–Crippen MR) is 67.3 cm³/mol. The van der Waals surface area contributed by atoms with Crippen molar-refractivity contribution in [3.05, 3.63) is 0 Å². The highest BCUT2D eigenvalue weighted by atomic mass is 32.2. The average Bonchev–Trinajstić information content (AvgIpc) is 1.79. The summed E-state index contributed by atoms with van der Waals surface area (Å²) in [5.74, 6) is 4.19. The van der Waals surface area contributed by atoms with Crippen LogP contribution in [0, 0.1) is 0 Å². The summed E-state index contributed by atoms with van der Waals surface area (Å²) in [6, 6.07) is 0. The molecule has 0 N–H and O–H groups in total. The smallest absolute Gasteiger partial charge is 0.0597 e. The third kappa shape index (κ3) is 5.25. The van der Waals surface area contributed by atoms with Gasteiger partial charge in [-0.2, -0.15) is 0 Å². The Morgan fingerprint density at radius 3 is 1.69 bits per heavy atom. The van der Waals surface area contributed by atoms with E-state index in [-0.39, 0.29) is 20.8 Å². The lowest BCUT2D eigenvalue weighted by Gasteiger charge is -2.25. The predicted octanol–water partition coefficient (Wildman–Crippen LogP) is 3.70. The molecule has 78 valence electrons. The minimum atomic E-state index is 0.0214. The molecule has 0 saturated heterocycles. The van der Waals surface area contributed by atoms with Gasteiger partial charge in [0.15, 0.2) is 0 Å². The van der Waals surface area contributed by atoms with Gasteiger partial charge in [-0.3, -0.25) is 4.99 Å². The molecule has 0 aliphatic rings. The van der Waals surface area contributed by atoms with Gasteiger partial charge in [-0.1, -0.05) is 26.6 Å². The molecule has 13 heavy (non-hydrogen) atoms. The molecule has 0 aliphatic carbocycles. The zero-order valence-electron chi connectivity index (χ0n) is 10.1. The molecule has 0 amide bonds. The van der Waals surface area contributed by atoms with Crippen molar-refractivity contribution in [2.45, 2.75) is 58.8 Å². The Kier molecular flexibility index (Phi) is 3.92. The topological polar surface area (TPSA) is 12.4 Å². The molecule has 1 atom stereocenters. The normalized spacial score (nSPS) is 17.3. The third-order valence-electron chi connectivity index (χ3n) is 1.59. The van der Waals surface area contributed by atoms with Crippen molar-refractivity contribution in [3.63, 3.8) is 0 Å². The average molecular weight is 201 g/mol. The Bertz CT molecular complexity index is 225. The maximum absolute atomic E-state index is 4.64. The maximum atomic E-state index is 4.64. The van der Waals surface area contributed by atoms with Gasteiger partial charge in [-0.25, -0.2) is 0 Å². The lowest BCUT2D eigenvalue weighted by atomic mass is 10.1. The number of aliphatic imine (C=N–C) groups is 1. The fraction of sp³-hybridized carbons (Fsp3) is 0.818. The second-order valence-electron chi connectivity index (χ2n) is 5.30. The highest BCUT2D eigenvalue weighted by Gasteiger charge is 2.17. The monoisotopic (exact) mass is 201 g/mol. The molecule has 0 aromatic heterocycles. The minimum absolute atomic E-state index is 0.0214. The van der Waals surface area contributed by atoms with Crippen molar-refractivity contribution < 1.29 is 0 Å². The van der Waals surface area contributed by atoms with Crippen LogP contribution in [0.15, 0.2) is 4.99 Å². The van der Waals surface area contributed by atoms with E-state index in [2.05, 4.69) is 59.3 Å². The van der Waals surface area contributed by atoms with E-state index in [1.165, 1.54) is 5.04 Å². The molecule has 0 rings (SSSR count). The van der Waals surface area contributed by atoms with Crippen LogP contribution in [-0.2, 0) is 0 Å². The van der Waals surface area contributed by atoms with Gasteiger partial charge in [-0.15, -0.1) is 10.5 Å². The van der Waals surface area contributed by atoms with Crippen molar-refractivity contribution >= 4 is 21.4 Å². The molecule has 0 aliphatic heterocycles. The molecule has 0 spiro atoms. The molecule has 0 aromatic carbocycles. The Hall–Kier alpha value is -0.110. The summed E-state index contributed by atoms with van der Waals surface area (Å²) in [5.41, 5.74) is 0.0261. The van der Waals surface area contributed by atoms with Crippen LogP contribution in [-0.4, -0.2) is 21.2 Å². The number of hydrogen-bond acceptors (Lipinski definition) is 1. The summed E-state index contributed by atoms with van der Waals surface area (Å²) >= 11 is 0. The van der Waals surface area contributed by atoms with Gasteiger partial charge in [-0.05, 0) is 27.7 Å². The first-order chi connectivity index (χ1) is 5.54. The van der Waals surface area contributed by atoms with Gasteiger partial charge in [0, 0.05) is 4.75 Å². The number of rotatable bonds is 0. The summed E-state index contributed by atoms with van der Waals surface area (Å²) in [4.78, 5) is 4.64. The van der Waals surface area contributed by atoms with E-state index in [9.17, 15) is 0 Å². The Morgan fingerprint density at radius 1 is 1.08 bits per heavy atom. The Balaban J connectivity index is 4.73. The third-order valence-corrected chi connectivity index (χ3v) is 3.87. The first-order valence-electron chi connectivity index (χ1n) is 4.64. The molecule has 0 fully saturated rings. The van der Waals surface area contributed by atoms with E-state index in [1.54, 1.807) is 0 Å². The quantitative estimate of drug-likeness (QED) is 0.322. The van der Waals surface area contributed by atoms with Crippen LogP contribution in [0.4, 0.5) is 0 Å². The zero-order chi connectivity index (χ0) is 10.9. The van der Waals surface area contributed by atoms with Crippen LogP contribution in [0.25, 0.3) is 0 Å². The van der Waals surface area contributed by atoms with E-state index in [1.807, 2.05) is 0 Å². The van der Waals surface area contributed by atoms with E-state index >= 15 is 0 Å². The highest BCUT2D eigenvalue weighted by molar-refractivity contribution is 8.28. The first-order valence-corrected chi connectivity index (χ1v) is 6.04.